The van der Waals surface area contributed by atoms with Crippen LogP contribution >= 0.6 is 11.6 Å². The van der Waals surface area contributed by atoms with Crippen LogP contribution in [0.2, 0.25) is 5.02 Å². The molecule has 0 aliphatic heterocycles. The van der Waals surface area contributed by atoms with Crippen LogP contribution in [0, 0.1) is 23.6 Å². The molecule has 0 bridgehead atoms. The summed E-state index contributed by atoms with van der Waals surface area (Å²) in [6, 6.07) is 13.6. The van der Waals surface area contributed by atoms with Crippen LogP contribution in [0.1, 0.15) is 37.2 Å². The number of rotatable bonds is 4. The number of hydrogen-bond donors (Lipinski definition) is 2. The smallest absolute Gasteiger partial charge is 0.253 e. The summed E-state index contributed by atoms with van der Waals surface area (Å²) >= 11 is 5.88. The van der Waals surface area contributed by atoms with Crippen molar-refractivity contribution in [3.63, 3.8) is 0 Å². The van der Waals surface area contributed by atoms with Crippen LogP contribution in [-0.2, 0) is 4.79 Å². The Labute approximate surface area is 185 Å². The number of carbonyl (C=O) groups excluding carboxylic acids is 1. The van der Waals surface area contributed by atoms with Crippen LogP contribution < -0.4 is 5.32 Å². The lowest BCUT2D eigenvalue weighted by Gasteiger charge is -2.20. The fourth-order valence-corrected chi connectivity index (χ4v) is 5.76. The minimum absolute atomic E-state index is 0.0325. The van der Waals surface area contributed by atoms with Crippen molar-refractivity contribution in [3.05, 3.63) is 71.1 Å². The molecule has 0 radical (unpaired) electrons. The van der Waals surface area contributed by atoms with Gasteiger partial charge in [-0.05, 0) is 103 Å². The van der Waals surface area contributed by atoms with Gasteiger partial charge in [0.2, 0.25) is 0 Å². The molecule has 2 fully saturated rings. The van der Waals surface area contributed by atoms with E-state index in [9.17, 15) is 14.3 Å². The number of carbonyl (C=O) groups is 1. The molecule has 6 heteroatoms. The number of aliphatic hydroxyl groups is 1. The molecule has 2 aromatic carbocycles. The van der Waals surface area contributed by atoms with E-state index in [4.69, 9.17) is 11.6 Å². The van der Waals surface area contributed by atoms with Crippen LogP contribution in [0.15, 0.2) is 54.7 Å². The molecule has 160 valence electrons. The molecular weight excluding hydrogens is 415 g/mol. The topological polar surface area (TPSA) is 62.2 Å². The van der Waals surface area contributed by atoms with E-state index in [1.807, 2.05) is 6.07 Å². The Morgan fingerprint density at radius 1 is 1.06 bits per heavy atom. The average Bonchev–Trinajstić information content (AvgIpc) is 3.33. The first-order valence-electron chi connectivity index (χ1n) is 10.8. The average molecular weight is 439 g/mol. The number of hydrogen-bond acceptors (Lipinski definition) is 3. The summed E-state index contributed by atoms with van der Waals surface area (Å²) in [7, 11) is 0. The molecular formula is C25H24ClFN2O2. The van der Waals surface area contributed by atoms with Crippen molar-refractivity contribution in [3.8, 4) is 0 Å². The van der Waals surface area contributed by atoms with Crippen molar-refractivity contribution < 1.29 is 14.3 Å². The zero-order valence-electron chi connectivity index (χ0n) is 17.0. The lowest BCUT2D eigenvalue weighted by Crippen LogP contribution is -2.33. The summed E-state index contributed by atoms with van der Waals surface area (Å²) in [6.07, 6.45) is 4.47. The molecule has 2 aliphatic carbocycles. The van der Waals surface area contributed by atoms with Crippen molar-refractivity contribution in [2.24, 2.45) is 17.8 Å². The van der Waals surface area contributed by atoms with E-state index in [0.717, 1.165) is 42.1 Å². The van der Waals surface area contributed by atoms with Gasteiger partial charge in [-0.15, -0.1) is 0 Å². The number of amides is 1. The Bertz CT molecular complexity index is 1110. The van der Waals surface area contributed by atoms with Gasteiger partial charge in [0, 0.05) is 22.3 Å². The van der Waals surface area contributed by atoms with Gasteiger partial charge in [0.1, 0.15) is 11.9 Å². The first kappa shape index (κ1) is 20.4. The summed E-state index contributed by atoms with van der Waals surface area (Å²) in [5, 5.41) is 14.9. The number of pyridine rings is 1. The van der Waals surface area contributed by atoms with Crippen molar-refractivity contribution in [2.45, 2.75) is 37.7 Å². The Morgan fingerprint density at radius 3 is 2.48 bits per heavy atom. The first-order chi connectivity index (χ1) is 15.0. The minimum atomic E-state index is -1.02. The molecule has 0 saturated heterocycles. The summed E-state index contributed by atoms with van der Waals surface area (Å²) in [4.78, 5) is 16.9. The number of anilines is 1. The normalized spacial score (nSPS) is 26.0. The van der Waals surface area contributed by atoms with E-state index < -0.39 is 6.10 Å². The molecule has 1 heterocycles. The predicted molar refractivity (Wildman–Crippen MR) is 119 cm³/mol. The number of nitrogens with zero attached hydrogens (tertiary/aromatic N) is 1. The molecule has 4 nitrogen and oxygen atoms in total. The van der Waals surface area contributed by atoms with Gasteiger partial charge in [-0.2, -0.15) is 0 Å². The third-order valence-corrected chi connectivity index (χ3v) is 7.31. The monoisotopic (exact) mass is 438 g/mol. The summed E-state index contributed by atoms with van der Waals surface area (Å²) in [5.41, 5.74) is 2.61. The number of benzene rings is 2. The second kappa shape index (κ2) is 8.21. The van der Waals surface area contributed by atoms with Crippen LogP contribution in [0.4, 0.5) is 10.1 Å². The van der Waals surface area contributed by atoms with Gasteiger partial charge in [-0.3, -0.25) is 9.78 Å². The molecule has 2 saturated carbocycles. The van der Waals surface area contributed by atoms with Crippen LogP contribution in [-0.4, -0.2) is 22.1 Å². The highest BCUT2D eigenvalue weighted by molar-refractivity contribution is 6.30. The largest absolute Gasteiger partial charge is 0.383 e. The number of aromatic nitrogens is 1. The molecule has 5 atom stereocenters. The fourth-order valence-electron chi connectivity index (χ4n) is 5.63. The maximum Gasteiger partial charge on any atom is 0.253 e. The quantitative estimate of drug-likeness (QED) is 0.561. The van der Waals surface area contributed by atoms with E-state index in [2.05, 4.69) is 10.3 Å². The Kier molecular flexibility index (Phi) is 5.40. The minimum Gasteiger partial charge on any atom is -0.383 e. The highest BCUT2D eigenvalue weighted by Gasteiger charge is 2.45. The summed E-state index contributed by atoms with van der Waals surface area (Å²) in [6.45, 7) is 0. The van der Waals surface area contributed by atoms with Crippen molar-refractivity contribution in [1.82, 2.24) is 4.98 Å². The van der Waals surface area contributed by atoms with E-state index in [-0.39, 0.29) is 17.6 Å². The zero-order chi connectivity index (χ0) is 21.5. The maximum absolute atomic E-state index is 13.8. The Morgan fingerprint density at radius 2 is 1.77 bits per heavy atom. The summed E-state index contributed by atoms with van der Waals surface area (Å²) in [5.74, 6) is 0.682. The SMILES string of the molecule is O=C(Nc1ccc(Cl)cc1)C(O)C1C[C@H]2CC(c3ccnc4ccc(F)cc34)C[C@H]2C1. The number of nitrogens with one attached hydrogen (secondary N) is 1. The van der Waals surface area contributed by atoms with E-state index in [1.54, 1.807) is 42.6 Å². The molecule has 2 N–H and O–H groups in total. The Hall–Kier alpha value is -2.50. The van der Waals surface area contributed by atoms with Gasteiger partial charge < -0.3 is 10.4 Å². The van der Waals surface area contributed by atoms with Crippen molar-refractivity contribution in [2.75, 3.05) is 5.32 Å². The first-order valence-corrected chi connectivity index (χ1v) is 11.1. The predicted octanol–water partition coefficient (Wildman–Crippen LogP) is 5.55. The number of aliphatic hydroxyl groups excluding tert-OH is 1. The van der Waals surface area contributed by atoms with Crippen molar-refractivity contribution >= 4 is 34.1 Å². The molecule has 3 unspecified atom stereocenters. The van der Waals surface area contributed by atoms with Crippen molar-refractivity contribution in [1.29, 1.82) is 0 Å². The molecule has 1 amide bonds. The van der Waals surface area contributed by atoms with Gasteiger partial charge >= 0.3 is 0 Å². The van der Waals surface area contributed by atoms with Gasteiger partial charge in [-0.25, -0.2) is 4.39 Å². The molecule has 31 heavy (non-hydrogen) atoms. The van der Waals surface area contributed by atoms with Gasteiger partial charge in [0.15, 0.2) is 0 Å². The number of halogens is 2. The van der Waals surface area contributed by atoms with Crippen LogP contribution in [0.25, 0.3) is 10.9 Å². The molecule has 3 aromatic rings. The second-order valence-electron chi connectivity index (χ2n) is 8.92. The lowest BCUT2D eigenvalue weighted by atomic mass is 9.89. The molecule has 5 rings (SSSR count). The van der Waals surface area contributed by atoms with Crippen LogP contribution in [0.5, 0.6) is 0 Å². The molecule has 2 aliphatic rings. The molecule has 1 aromatic heterocycles. The molecule has 0 spiro atoms. The van der Waals surface area contributed by atoms with Gasteiger partial charge in [0.25, 0.3) is 5.91 Å². The van der Waals surface area contributed by atoms with Gasteiger partial charge in [0.05, 0.1) is 5.52 Å². The van der Waals surface area contributed by atoms with E-state index in [1.165, 1.54) is 6.07 Å². The van der Waals surface area contributed by atoms with E-state index in [0.29, 0.717) is 28.5 Å². The van der Waals surface area contributed by atoms with E-state index >= 15 is 0 Å². The summed E-state index contributed by atoms with van der Waals surface area (Å²) < 4.78 is 13.8. The maximum atomic E-state index is 13.8. The third-order valence-electron chi connectivity index (χ3n) is 7.06. The third kappa shape index (κ3) is 4.04. The highest BCUT2D eigenvalue weighted by atomic mass is 35.5. The standard InChI is InChI=1S/C25H24ClFN2O2/c26-18-1-4-20(5-2-18)29-25(31)24(30)17-11-14-9-16(10-15(14)12-17)21-7-8-28-23-6-3-19(27)13-22(21)23/h1-8,13-17,24,30H,9-12H2,(H,29,31)/t14-,15+,16?,17?,24?. The van der Waals surface area contributed by atoms with Gasteiger partial charge in [-0.1, -0.05) is 11.6 Å². The Balaban J connectivity index is 1.24. The second-order valence-corrected chi connectivity index (χ2v) is 9.36. The highest BCUT2D eigenvalue weighted by Crippen LogP contribution is 2.53. The van der Waals surface area contributed by atoms with Crippen LogP contribution in [0.3, 0.4) is 0 Å². The zero-order valence-corrected chi connectivity index (χ0v) is 17.7. The lowest BCUT2D eigenvalue weighted by molar-refractivity contribution is -0.126. The number of fused-ring (bicyclic) bond motifs is 2. The fraction of sp³-hybridized carbons (Fsp3) is 0.360.